The number of halogens is 3. The molecule has 1 heterocycles. The number of ketones is 1. The Bertz CT molecular complexity index is 648. The highest BCUT2D eigenvalue weighted by Gasteiger charge is 2.19. The summed E-state index contributed by atoms with van der Waals surface area (Å²) in [5.41, 5.74) is 0.531. The van der Waals surface area contributed by atoms with E-state index in [9.17, 15) is 4.79 Å². The van der Waals surface area contributed by atoms with Gasteiger partial charge >= 0.3 is 0 Å². The van der Waals surface area contributed by atoms with Crippen molar-refractivity contribution >= 4 is 64.9 Å². The average molecular weight is 485 g/mol. The molecule has 0 radical (unpaired) electrons. The zero-order valence-electron chi connectivity index (χ0n) is 10.5. The number of carbonyl (C=O) groups is 1. The molecule has 0 spiro atoms. The highest BCUT2D eigenvalue weighted by Crippen LogP contribution is 2.37. The van der Waals surface area contributed by atoms with Crippen LogP contribution in [0.2, 0.25) is 0 Å². The zero-order valence-corrected chi connectivity index (χ0v) is 16.1. The molecular weight excluding hydrogens is 476 g/mol. The fraction of sp³-hybridized carbons (Fsp3) is 0.154. The lowest BCUT2D eigenvalue weighted by molar-refractivity contribution is 0.104. The van der Waals surface area contributed by atoms with Crippen LogP contribution in [0.4, 0.5) is 0 Å². The molecule has 0 unspecified atom stereocenters. The van der Waals surface area contributed by atoms with Gasteiger partial charge in [-0.25, -0.2) is 0 Å². The molecule has 20 heavy (non-hydrogen) atoms. The molecular formula is C13H9Br3O3S. The number of methoxy groups -OCH3 is 2. The van der Waals surface area contributed by atoms with E-state index < -0.39 is 0 Å². The Kier molecular flexibility index (Phi) is 5.28. The maximum absolute atomic E-state index is 12.5. The van der Waals surface area contributed by atoms with Crippen LogP contribution < -0.4 is 9.47 Å². The van der Waals surface area contributed by atoms with Gasteiger partial charge in [0.05, 0.1) is 22.9 Å². The van der Waals surface area contributed by atoms with E-state index in [-0.39, 0.29) is 5.78 Å². The van der Waals surface area contributed by atoms with Gasteiger partial charge in [0.25, 0.3) is 0 Å². The van der Waals surface area contributed by atoms with Crippen molar-refractivity contribution in [3.05, 3.63) is 41.4 Å². The van der Waals surface area contributed by atoms with Crippen molar-refractivity contribution in [3.63, 3.8) is 0 Å². The lowest BCUT2D eigenvalue weighted by atomic mass is 10.1. The third-order valence-corrected chi connectivity index (χ3v) is 6.50. The molecule has 2 rings (SSSR count). The van der Waals surface area contributed by atoms with Crippen molar-refractivity contribution in [2.75, 3.05) is 14.2 Å². The Balaban J connectivity index is 2.49. The van der Waals surface area contributed by atoms with Crippen molar-refractivity contribution in [1.82, 2.24) is 0 Å². The number of carbonyl (C=O) groups excluding carboxylic acids is 1. The van der Waals surface area contributed by atoms with Gasteiger partial charge < -0.3 is 9.47 Å². The molecule has 0 bridgehead atoms. The molecule has 1 aromatic heterocycles. The Labute approximate surface area is 145 Å². The van der Waals surface area contributed by atoms with Gasteiger partial charge in [-0.05, 0) is 66.0 Å². The molecule has 0 fully saturated rings. The van der Waals surface area contributed by atoms with Crippen LogP contribution in [-0.4, -0.2) is 20.0 Å². The van der Waals surface area contributed by atoms with Gasteiger partial charge in [0.2, 0.25) is 5.78 Å². The molecule has 0 aliphatic heterocycles. The average Bonchev–Trinajstić information content (AvgIpc) is 2.77. The van der Waals surface area contributed by atoms with Crippen LogP contribution in [0, 0.1) is 0 Å². The predicted molar refractivity (Wildman–Crippen MR) is 90.4 cm³/mol. The van der Waals surface area contributed by atoms with E-state index in [1.54, 1.807) is 32.4 Å². The van der Waals surface area contributed by atoms with E-state index in [0.29, 0.717) is 26.4 Å². The Morgan fingerprint density at radius 3 is 2.10 bits per heavy atom. The normalized spacial score (nSPS) is 10.4. The van der Waals surface area contributed by atoms with Crippen LogP contribution in [0.25, 0.3) is 0 Å². The molecule has 0 N–H and O–H groups in total. The number of ether oxygens (including phenoxy) is 2. The summed E-state index contributed by atoms with van der Waals surface area (Å²) in [4.78, 5) is 13.2. The predicted octanol–water partition coefficient (Wildman–Crippen LogP) is 5.28. The van der Waals surface area contributed by atoms with Gasteiger partial charge in [-0.15, -0.1) is 11.3 Å². The summed E-state index contributed by atoms with van der Waals surface area (Å²) < 4.78 is 12.9. The van der Waals surface area contributed by atoms with Crippen LogP contribution in [0.1, 0.15) is 15.2 Å². The number of benzene rings is 1. The first-order chi connectivity index (χ1) is 9.47. The molecule has 7 heteroatoms. The molecule has 0 amide bonds. The van der Waals surface area contributed by atoms with Crippen LogP contribution >= 0.6 is 59.1 Å². The number of hydrogen-bond donors (Lipinski definition) is 0. The first-order valence-corrected chi connectivity index (χ1v) is 8.58. The minimum absolute atomic E-state index is 0.0748. The number of thiophene rings is 1. The summed E-state index contributed by atoms with van der Waals surface area (Å²) >= 11 is 11.5. The molecule has 0 aliphatic rings. The topological polar surface area (TPSA) is 35.5 Å². The van der Waals surface area contributed by atoms with E-state index in [0.717, 1.165) is 8.26 Å². The van der Waals surface area contributed by atoms with E-state index in [1.165, 1.54) is 11.3 Å². The van der Waals surface area contributed by atoms with Gasteiger partial charge in [0, 0.05) is 14.5 Å². The summed E-state index contributed by atoms with van der Waals surface area (Å²) in [6, 6.07) is 5.19. The van der Waals surface area contributed by atoms with Gasteiger partial charge in [-0.3, -0.25) is 4.79 Å². The highest BCUT2D eigenvalue weighted by molar-refractivity contribution is 9.13. The van der Waals surface area contributed by atoms with Crippen LogP contribution in [0.15, 0.2) is 30.9 Å². The van der Waals surface area contributed by atoms with Crippen LogP contribution in [-0.2, 0) is 0 Å². The van der Waals surface area contributed by atoms with E-state index in [2.05, 4.69) is 47.8 Å². The summed E-state index contributed by atoms with van der Waals surface area (Å²) in [6.45, 7) is 0. The third kappa shape index (κ3) is 3.10. The maximum Gasteiger partial charge on any atom is 0.204 e. The third-order valence-electron chi connectivity index (χ3n) is 2.59. The zero-order chi connectivity index (χ0) is 14.9. The fourth-order valence-corrected chi connectivity index (χ4v) is 4.11. The van der Waals surface area contributed by atoms with E-state index >= 15 is 0 Å². The minimum Gasteiger partial charge on any atom is -0.493 e. The van der Waals surface area contributed by atoms with Crippen LogP contribution in [0.3, 0.4) is 0 Å². The second-order valence-electron chi connectivity index (χ2n) is 3.75. The van der Waals surface area contributed by atoms with Crippen molar-refractivity contribution < 1.29 is 14.3 Å². The molecule has 2 aromatic rings. The molecule has 3 nitrogen and oxygen atoms in total. The lowest BCUT2D eigenvalue weighted by Gasteiger charge is -2.10. The standard InChI is InChI=1S/C13H9Br3O3S/c1-18-9-3-6(7(14)4-10(9)19-2)12(17)11-5-8(15)13(16)20-11/h3-5H,1-2H3. The Morgan fingerprint density at radius 1 is 1.00 bits per heavy atom. The van der Waals surface area contributed by atoms with Crippen molar-refractivity contribution in [1.29, 1.82) is 0 Å². The molecule has 0 atom stereocenters. The quantitative estimate of drug-likeness (QED) is 0.554. The van der Waals surface area contributed by atoms with Gasteiger partial charge in [-0.2, -0.15) is 0 Å². The smallest absolute Gasteiger partial charge is 0.204 e. The minimum atomic E-state index is -0.0748. The first kappa shape index (κ1) is 16.0. The maximum atomic E-state index is 12.5. The number of rotatable bonds is 4. The number of hydrogen-bond acceptors (Lipinski definition) is 4. The molecule has 0 saturated heterocycles. The molecule has 1 aromatic carbocycles. The largest absolute Gasteiger partial charge is 0.493 e. The van der Waals surface area contributed by atoms with Gasteiger partial charge in [-0.1, -0.05) is 0 Å². The van der Waals surface area contributed by atoms with Crippen molar-refractivity contribution in [3.8, 4) is 11.5 Å². The SMILES string of the molecule is COc1cc(Br)c(C(=O)c2cc(Br)c(Br)s2)cc1OC. The Morgan fingerprint density at radius 2 is 1.60 bits per heavy atom. The van der Waals surface area contributed by atoms with Crippen molar-refractivity contribution in [2.45, 2.75) is 0 Å². The summed E-state index contributed by atoms with van der Waals surface area (Å²) in [5.74, 6) is 1.02. The molecule has 0 saturated carbocycles. The summed E-state index contributed by atoms with van der Waals surface area (Å²) in [6.07, 6.45) is 0. The first-order valence-electron chi connectivity index (χ1n) is 5.39. The van der Waals surface area contributed by atoms with E-state index in [1.807, 2.05) is 0 Å². The Hall–Kier alpha value is -0.370. The van der Waals surface area contributed by atoms with Crippen LogP contribution in [0.5, 0.6) is 11.5 Å². The molecule has 106 valence electrons. The van der Waals surface area contributed by atoms with Gasteiger partial charge in [0.15, 0.2) is 11.5 Å². The van der Waals surface area contributed by atoms with Gasteiger partial charge in [0.1, 0.15) is 0 Å². The summed E-state index contributed by atoms with van der Waals surface area (Å²) in [7, 11) is 3.09. The second-order valence-corrected chi connectivity index (χ2v) is 7.83. The molecule has 0 aliphatic carbocycles. The van der Waals surface area contributed by atoms with Crippen molar-refractivity contribution in [2.24, 2.45) is 0 Å². The summed E-state index contributed by atoms with van der Waals surface area (Å²) in [5, 5.41) is 0. The lowest BCUT2D eigenvalue weighted by Crippen LogP contribution is -2.02. The van der Waals surface area contributed by atoms with E-state index in [4.69, 9.17) is 9.47 Å². The monoisotopic (exact) mass is 482 g/mol. The second kappa shape index (κ2) is 6.60. The fourth-order valence-electron chi connectivity index (χ4n) is 1.62. The highest BCUT2D eigenvalue weighted by atomic mass is 79.9.